The minimum atomic E-state index is -0.694. The second-order valence-electron chi connectivity index (χ2n) is 15.5. The first-order valence-electron chi connectivity index (χ1n) is 20.5. The molecule has 4 amide bonds. The van der Waals surface area contributed by atoms with E-state index in [4.69, 9.17) is 4.98 Å². The largest absolute Gasteiger partial charge is 0.381 e. The number of carbonyl (C=O) groups is 4. The van der Waals surface area contributed by atoms with Crippen molar-refractivity contribution in [2.45, 2.75) is 83.2 Å². The number of carbonyl (C=O) groups excluding carboxylic acids is 4. The molecule has 12 nitrogen and oxygen atoms in total. The molecular weight excluding hydrogens is 763 g/mol. The lowest BCUT2D eigenvalue weighted by atomic mass is 10.0. The maximum Gasteiger partial charge on any atom is 0.329 e. The van der Waals surface area contributed by atoms with Crippen molar-refractivity contribution < 1.29 is 19.2 Å². The van der Waals surface area contributed by atoms with E-state index in [-0.39, 0.29) is 35.9 Å². The molecule has 4 N–H and O–H groups in total. The standard InChI is InChI=1S/C46H47N7O5S/c1-28-27-48-41-40-32-19-20-33(50-34(32)21-23-37(40)59-43(41)45(57)49-28)31-16-10-13-29(26-31)12-8-9-25-47-38(54)18-7-5-3-4-6-14-30-15-11-17-35-42(30)52(2)46(58)53(35)36-22-24-39(55)51-44(36)56/h10-11,13,15-17,19-21,23,26,28,36,48H,3-7,9,14,18,22,24-25,27H2,1-2H3,(H,47,54)(H,49,57)(H,51,55,56)/t28-,36?/m1/s1. The van der Waals surface area contributed by atoms with E-state index >= 15 is 0 Å². The molecule has 0 saturated carbocycles. The second-order valence-corrected chi connectivity index (χ2v) is 16.5. The summed E-state index contributed by atoms with van der Waals surface area (Å²) in [5, 5.41) is 13.9. The molecule has 0 spiro atoms. The topological polar surface area (TPSA) is 156 Å². The number of piperidine rings is 1. The molecule has 2 atom stereocenters. The van der Waals surface area contributed by atoms with E-state index in [0.29, 0.717) is 42.7 Å². The molecule has 2 aliphatic heterocycles. The molecule has 3 aromatic heterocycles. The van der Waals surface area contributed by atoms with Crippen LogP contribution in [0.3, 0.4) is 0 Å². The molecule has 1 fully saturated rings. The number of pyridine rings is 1. The van der Waals surface area contributed by atoms with Crippen LogP contribution in [0.1, 0.15) is 91.6 Å². The number of nitrogens with one attached hydrogen (secondary N) is 4. The summed E-state index contributed by atoms with van der Waals surface area (Å²) in [6.45, 7) is 3.15. The average molecular weight is 810 g/mol. The number of rotatable bonds is 12. The quantitative estimate of drug-likeness (QED) is 0.0607. The van der Waals surface area contributed by atoms with Gasteiger partial charge in [0.25, 0.3) is 5.91 Å². The number of fused-ring (bicyclic) bond motifs is 6. The summed E-state index contributed by atoms with van der Waals surface area (Å²) in [6.07, 6.45) is 7.10. The van der Waals surface area contributed by atoms with Gasteiger partial charge in [0.2, 0.25) is 17.7 Å². The number of aryl methyl sites for hydroxylation is 2. The van der Waals surface area contributed by atoms with Crippen LogP contribution in [0.15, 0.2) is 71.5 Å². The van der Waals surface area contributed by atoms with Crippen molar-refractivity contribution >= 4 is 72.7 Å². The van der Waals surface area contributed by atoms with Crippen molar-refractivity contribution in [3.8, 4) is 23.1 Å². The zero-order chi connectivity index (χ0) is 41.0. The van der Waals surface area contributed by atoms with Crippen LogP contribution in [0.2, 0.25) is 0 Å². The van der Waals surface area contributed by atoms with Crippen molar-refractivity contribution in [3.63, 3.8) is 0 Å². The Labute approximate surface area is 345 Å². The van der Waals surface area contributed by atoms with Gasteiger partial charge in [0.1, 0.15) is 10.9 Å². The SMILES string of the molecule is C[C@@H]1CNc2c(sc3ccc4nc(-c5cccc(C#CCCNC(=O)CCCCCCCc6cccc7c6n(C)c(=O)n7C6CCC(=O)NC6=O)c5)ccc4c23)C(=O)N1. The van der Waals surface area contributed by atoms with E-state index in [0.717, 1.165) is 93.1 Å². The lowest BCUT2D eigenvalue weighted by Crippen LogP contribution is -2.44. The van der Waals surface area contributed by atoms with E-state index in [1.165, 1.54) is 15.9 Å². The Hall–Kier alpha value is -6.26. The first-order valence-corrected chi connectivity index (χ1v) is 21.3. The molecule has 0 aliphatic carbocycles. The Morgan fingerprint density at radius 1 is 0.983 bits per heavy atom. The number of imidazole rings is 1. The monoisotopic (exact) mass is 809 g/mol. The summed E-state index contributed by atoms with van der Waals surface area (Å²) in [5.41, 5.74) is 6.79. The summed E-state index contributed by atoms with van der Waals surface area (Å²) < 4.78 is 4.19. The normalized spacial score (nSPS) is 16.5. The van der Waals surface area contributed by atoms with E-state index < -0.39 is 11.9 Å². The van der Waals surface area contributed by atoms with Gasteiger partial charge < -0.3 is 16.0 Å². The van der Waals surface area contributed by atoms with Crippen molar-refractivity contribution in [1.29, 1.82) is 0 Å². The molecule has 6 aromatic rings. The number of nitrogens with zero attached hydrogens (tertiary/aromatic N) is 3. The predicted molar refractivity (Wildman–Crippen MR) is 232 cm³/mol. The fourth-order valence-electron chi connectivity index (χ4n) is 8.24. The molecule has 0 radical (unpaired) electrons. The summed E-state index contributed by atoms with van der Waals surface area (Å²) >= 11 is 1.50. The average Bonchev–Trinajstić information content (AvgIpc) is 3.69. The van der Waals surface area contributed by atoms with Crippen LogP contribution in [-0.4, -0.2) is 56.9 Å². The highest BCUT2D eigenvalue weighted by molar-refractivity contribution is 7.21. The molecule has 8 rings (SSSR count). The molecule has 1 unspecified atom stereocenters. The van der Waals surface area contributed by atoms with Crippen LogP contribution < -0.4 is 27.0 Å². The van der Waals surface area contributed by atoms with Crippen LogP contribution in [0.4, 0.5) is 5.69 Å². The summed E-state index contributed by atoms with van der Waals surface area (Å²) in [6, 6.07) is 21.3. The molecule has 5 heterocycles. The number of aromatic nitrogens is 3. The number of para-hydroxylation sites is 1. The van der Waals surface area contributed by atoms with Gasteiger partial charge in [0.05, 0.1) is 27.9 Å². The highest BCUT2D eigenvalue weighted by Gasteiger charge is 2.31. The van der Waals surface area contributed by atoms with Gasteiger partial charge in [0, 0.05) is 72.0 Å². The van der Waals surface area contributed by atoms with Gasteiger partial charge in [-0.15, -0.1) is 11.3 Å². The third-order valence-electron chi connectivity index (χ3n) is 11.2. The van der Waals surface area contributed by atoms with Crippen molar-refractivity contribution in [3.05, 3.63) is 93.2 Å². The van der Waals surface area contributed by atoms with Gasteiger partial charge in [-0.3, -0.25) is 33.6 Å². The lowest BCUT2D eigenvalue weighted by Gasteiger charge is -2.21. The highest BCUT2D eigenvalue weighted by Crippen LogP contribution is 2.41. The highest BCUT2D eigenvalue weighted by atomic mass is 32.1. The number of unbranched alkanes of at least 4 members (excludes halogenated alkanes) is 4. The number of hydrogen-bond donors (Lipinski definition) is 4. The molecule has 3 aromatic carbocycles. The Morgan fingerprint density at radius 2 is 1.81 bits per heavy atom. The van der Waals surface area contributed by atoms with Crippen LogP contribution in [0.25, 0.3) is 43.3 Å². The smallest absolute Gasteiger partial charge is 0.329 e. The van der Waals surface area contributed by atoms with E-state index in [2.05, 4.69) is 39.2 Å². The molecule has 0 bridgehead atoms. The Kier molecular flexibility index (Phi) is 11.6. The number of benzene rings is 3. The third-order valence-corrected chi connectivity index (χ3v) is 12.4. The van der Waals surface area contributed by atoms with Gasteiger partial charge >= 0.3 is 5.69 Å². The van der Waals surface area contributed by atoms with Crippen LogP contribution in [0, 0.1) is 11.8 Å². The zero-order valence-corrected chi connectivity index (χ0v) is 34.1. The number of thiophene rings is 1. The summed E-state index contributed by atoms with van der Waals surface area (Å²) in [7, 11) is 1.73. The minimum Gasteiger partial charge on any atom is -0.381 e. The zero-order valence-electron chi connectivity index (χ0n) is 33.3. The number of hydrogen-bond acceptors (Lipinski definition) is 8. The summed E-state index contributed by atoms with van der Waals surface area (Å²) in [4.78, 5) is 68.4. The van der Waals surface area contributed by atoms with E-state index in [1.54, 1.807) is 11.6 Å². The molecular formula is C46H47N7O5S. The van der Waals surface area contributed by atoms with Gasteiger partial charge in [-0.05, 0) is 80.6 Å². The maximum atomic E-state index is 13.2. The van der Waals surface area contributed by atoms with Crippen molar-refractivity contribution in [1.82, 2.24) is 30.1 Å². The number of anilines is 1. The number of imide groups is 1. The number of amides is 4. The van der Waals surface area contributed by atoms with Crippen LogP contribution in [0.5, 0.6) is 0 Å². The molecule has 1 saturated heterocycles. The minimum absolute atomic E-state index is 0.0358. The van der Waals surface area contributed by atoms with Crippen molar-refractivity contribution in [2.75, 3.05) is 18.4 Å². The van der Waals surface area contributed by atoms with Crippen molar-refractivity contribution in [2.24, 2.45) is 7.05 Å². The maximum absolute atomic E-state index is 13.2. The van der Waals surface area contributed by atoms with Gasteiger partial charge in [0.15, 0.2) is 0 Å². The van der Waals surface area contributed by atoms with E-state index in [9.17, 15) is 24.0 Å². The first-order chi connectivity index (χ1) is 28.7. The first kappa shape index (κ1) is 39.6. The fraction of sp³-hybridized carbons (Fsp3) is 0.348. The second kappa shape index (κ2) is 17.3. The van der Waals surface area contributed by atoms with Crippen LogP contribution in [-0.2, 0) is 27.9 Å². The Balaban J connectivity index is 0.773. The molecule has 13 heteroatoms. The summed E-state index contributed by atoms with van der Waals surface area (Å²) in [5.74, 6) is 5.68. The fourth-order valence-corrected chi connectivity index (χ4v) is 9.34. The predicted octanol–water partition coefficient (Wildman–Crippen LogP) is 6.73. The Bertz CT molecular complexity index is 2750. The van der Waals surface area contributed by atoms with E-state index in [1.807, 2.05) is 67.6 Å². The molecule has 2 aliphatic rings. The molecule has 302 valence electrons. The lowest BCUT2D eigenvalue weighted by molar-refractivity contribution is -0.135. The van der Waals surface area contributed by atoms with Gasteiger partial charge in [-0.2, -0.15) is 0 Å². The Morgan fingerprint density at radius 3 is 2.68 bits per heavy atom. The van der Waals surface area contributed by atoms with Gasteiger partial charge in [-0.25, -0.2) is 9.78 Å². The van der Waals surface area contributed by atoms with Crippen LogP contribution >= 0.6 is 11.3 Å². The van der Waals surface area contributed by atoms with Gasteiger partial charge in [-0.1, -0.05) is 55.4 Å². The third kappa shape index (κ3) is 8.36. The molecule has 59 heavy (non-hydrogen) atoms.